The lowest BCUT2D eigenvalue weighted by Crippen LogP contribution is -2.36. The number of para-hydroxylation sites is 1. The molecule has 0 unspecified atom stereocenters. The van der Waals surface area contributed by atoms with Gasteiger partial charge in [-0.2, -0.15) is 0 Å². The van der Waals surface area contributed by atoms with Crippen LogP contribution in [0.1, 0.15) is 18.4 Å². The zero-order valence-corrected chi connectivity index (χ0v) is 19.4. The number of halogens is 1. The number of rotatable bonds is 11. The largest absolute Gasteiger partial charge is 0.468 e. The third-order valence-corrected chi connectivity index (χ3v) is 5.28. The topological polar surface area (TPSA) is 120 Å². The fraction of sp³-hybridized carbons (Fsp3) is 0.318. The Bertz CT molecular complexity index is 870. The van der Waals surface area contributed by atoms with Crippen LogP contribution in [-0.4, -0.2) is 43.4 Å². The van der Waals surface area contributed by atoms with Gasteiger partial charge in [-0.3, -0.25) is 9.59 Å². The smallest absolute Gasteiger partial charge is 0.407 e. The highest BCUT2D eigenvalue weighted by atomic mass is 35.5. The highest BCUT2D eigenvalue weighted by molar-refractivity contribution is 8.00. The number of methoxy groups -OCH3 is 1. The highest BCUT2D eigenvalue weighted by Crippen LogP contribution is 2.27. The Morgan fingerprint density at radius 2 is 1.75 bits per heavy atom. The van der Waals surface area contributed by atoms with Crippen LogP contribution in [0.2, 0.25) is 0 Å². The van der Waals surface area contributed by atoms with Gasteiger partial charge in [-0.05, 0) is 30.5 Å². The van der Waals surface area contributed by atoms with Gasteiger partial charge < -0.3 is 25.8 Å². The lowest BCUT2D eigenvalue weighted by atomic mass is 10.1. The lowest BCUT2D eigenvalue weighted by molar-refractivity contribution is -0.137. The maximum atomic E-state index is 12.4. The van der Waals surface area contributed by atoms with Crippen LogP contribution in [0.25, 0.3) is 0 Å². The number of carbonyl (C=O) groups is 3. The van der Waals surface area contributed by atoms with Gasteiger partial charge in [-0.1, -0.05) is 42.5 Å². The van der Waals surface area contributed by atoms with Crippen LogP contribution in [0.4, 0.5) is 10.5 Å². The van der Waals surface area contributed by atoms with Crippen LogP contribution >= 0.6 is 24.2 Å². The predicted octanol–water partition coefficient (Wildman–Crippen LogP) is 3.35. The monoisotopic (exact) mass is 481 g/mol. The van der Waals surface area contributed by atoms with Crippen molar-refractivity contribution in [1.29, 1.82) is 0 Å². The van der Waals surface area contributed by atoms with Gasteiger partial charge >= 0.3 is 12.1 Å². The van der Waals surface area contributed by atoms with Gasteiger partial charge in [0, 0.05) is 11.4 Å². The molecular weight excluding hydrogens is 454 g/mol. The zero-order chi connectivity index (χ0) is 22.5. The molecule has 2 aromatic carbocycles. The van der Waals surface area contributed by atoms with E-state index in [2.05, 4.69) is 15.4 Å². The summed E-state index contributed by atoms with van der Waals surface area (Å²) in [6.07, 6.45) is 0.397. The van der Waals surface area contributed by atoms with E-state index in [9.17, 15) is 14.4 Å². The Kier molecular flexibility index (Phi) is 12.9. The number of benzene rings is 2. The number of ether oxygens (including phenoxy) is 2. The Morgan fingerprint density at radius 3 is 2.47 bits per heavy atom. The van der Waals surface area contributed by atoms with E-state index in [1.54, 1.807) is 18.2 Å². The molecule has 4 N–H and O–H groups in total. The molecule has 10 heteroatoms. The summed E-state index contributed by atoms with van der Waals surface area (Å²) in [6, 6.07) is 15.8. The Morgan fingerprint density at radius 1 is 1.06 bits per heavy atom. The van der Waals surface area contributed by atoms with E-state index < -0.39 is 12.1 Å². The second-order valence-corrected chi connectivity index (χ2v) is 7.60. The molecule has 0 fully saturated rings. The molecule has 174 valence electrons. The zero-order valence-electron chi connectivity index (χ0n) is 17.7. The maximum Gasteiger partial charge on any atom is 0.407 e. The first-order chi connectivity index (χ1) is 15.0. The molecule has 0 aliphatic carbocycles. The molecule has 0 aliphatic rings. The number of esters is 1. The van der Waals surface area contributed by atoms with Gasteiger partial charge in [0.05, 0.1) is 24.6 Å². The van der Waals surface area contributed by atoms with Crippen LogP contribution in [0, 0.1) is 0 Å². The second kappa shape index (κ2) is 15.1. The van der Waals surface area contributed by atoms with E-state index in [1.807, 2.05) is 36.4 Å². The van der Waals surface area contributed by atoms with Crippen LogP contribution in [0.15, 0.2) is 59.5 Å². The van der Waals surface area contributed by atoms with Crippen molar-refractivity contribution < 1.29 is 23.9 Å². The number of amides is 2. The summed E-state index contributed by atoms with van der Waals surface area (Å²) < 4.78 is 9.76. The minimum atomic E-state index is -0.735. The third-order valence-electron chi connectivity index (χ3n) is 4.23. The van der Waals surface area contributed by atoms with E-state index in [-0.39, 0.29) is 36.6 Å². The molecule has 0 aromatic heterocycles. The summed E-state index contributed by atoms with van der Waals surface area (Å²) in [6.45, 7) is 0.544. The molecule has 8 nitrogen and oxygen atoms in total. The summed E-state index contributed by atoms with van der Waals surface area (Å²) in [5, 5.41) is 5.43. The summed E-state index contributed by atoms with van der Waals surface area (Å²) in [5.41, 5.74) is 7.46. The molecule has 1 atom stereocenters. The molecular formula is C22H28ClN3O5S. The number of nitrogens with two attached hydrogens (primary N) is 1. The van der Waals surface area contributed by atoms with E-state index >= 15 is 0 Å². The molecule has 0 spiro atoms. The van der Waals surface area contributed by atoms with Crippen LogP contribution < -0.4 is 16.4 Å². The molecule has 2 aromatic rings. The quantitative estimate of drug-likeness (QED) is 0.256. The van der Waals surface area contributed by atoms with Gasteiger partial charge in [0.25, 0.3) is 0 Å². The van der Waals surface area contributed by atoms with Gasteiger partial charge in [-0.15, -0.1) is 24.2 Å². The predicted molar refractivity (Wildman–Crippen MR) is 127 cm³/mol. The van der Waals surface area contributed by atoms with E-state index in [0.717, 1.165) is 10.5 Å². The van der Waals surface area contributed by atoms with Crippen LogP contribution in [0.5, 0.6) is 0 Å². The number of carbonyl (C=O) groups excluding carboxylic acids is 3. The first kappa shape index (κ1) is 27.3. The van der Waals surface area contributed by atoms with Crippen LogP contribution in [0.3, 0.4) is 0 Å². The fourth-order valence-corrected chi connectivity index (χ4v) is 3.38. The molecule has 0 heterocycles. The van der Waals surface area contributed by atoms with Crippen molar-refractivity contribution >= 4 is 47.8 Å². The molecule has 0 radical (unpaired) electrons. The van der Waals surface area contributed by atoms with E-state index in [0.29, 0.717) is 25.1 Å². The van der Waals surface area contributed by atoms with Gasteiger partial charge in [0.2, 0.25) is 5.91 Å². The normalized spacial score (nSPS) is 10.9. The summed E-state index contributed by atoms with van der Waals surface area (Å²) in [4.78, 5) is 36.2. The van der Waals surface area contributed by atoms with Crippen molar-refractivity contribution in [2.45, 2.75) is 30.4 Å². The number of alkyl carbamates (subject to hydrolysis) is 1. The van der Waals surface area contributed by atoms with Gasteiger partial charge in [-0.25, -0.2) is 4.79 Å². The molecule has 2 rings (SSSR count). The van der Waals surface area contributed by atoms with Crippen molar-refractivity contribution in [3.8, 4) is 0 Å². The first-order valence-electron chi connectivity index (χ1n) is 9.79. The molecule has 0 aliphatic heterocycles. The summed E-state index contributed by atoms with van der Waals surface area (Å²) in [5.74, 6) is -0.544. The standard InChI is InChI=1S/C22H27N3O5S.ClH/c1-29-20(26)15-31-19-12-6-5-11-18(19)25-21(27)17(23)10-7-13-24-22(28)30-14-16-8-3-2-4-9-16;/h2-6,8-9,11-12,17H,7,10,13-15,23H2,1H3,(H,24,28)(H,25,27);1H/t17-;/m0./s1. The number of nitrogens with one attached hydrogen (secondary N) is 2. The summed E-state index contributed by atoms with van der Waals surface area (Å²) in [7, 11) is 1.33. The number of thioether (sulfide) groups is 1. The van der Waals surface area contributed by atoms with Crippen molar-refractivity contribution in [3.05, 3.63) is 60.2 Å². The van der Waals surface area contributed by atoms with Crippen molar-refractivity contribution in [2.75, 3.05) is 24.7 Å². The molecule has 2 amide bonds. The number of hydrogen-bond donors (Lipinski definition) is 3. The Hall–Kier alpha value is -2.75. The molecule has 0 bridgehead atoms. The second-order valence-electron chi connectivity index (χ2n) is 6.59. The Labute approximate surface area is 198 Å². The first-order valence-corrected chi connectivity index (χ1v) is 10.8. The lowest BCUT2D eigenvalue weighted by Gasteiger charge is -2.15. The highest BCUT2D eigenvalue weighted by Gasteiger charge is 2.16. The molecule has 0 saturated heterocycles. The van der Waals surface area contributed by atoms with Crippen molar-refractivity contribution in [1.82, 2.24) is 5.32 Å². The number of hydrogen-bond acceptors (Lipinski definition) is 7. The minimum absolute atomic E-state index is 0. The average molecular weight is 482 g/mol. The minimum Gasteiger partial charge on any atom is -0.468 e. The average Bonchev–Trinajstić information content (AvgIpc) is 2.80. The number of anilines is 1. The van der Waals surface area contributed by atoms with Crippen molar-refractivity contribution in [3.63, 3.8) is 0 Å². The molecule has 0 saturated carbocycles. The van der Waals surface area contributed by atoms with Gasteiger partial charge in [0.1, 0.15) is 6.61 Å². The van der Waals surface area contributed by atoms with E-state index in [1.165, 1.54) is 18.9 Å². The SMILES string of the molecule is COC(=O)CSc1ccccc1NC(=O)[C@@H](N)CCCNC(=O)OCc1ccccc1.Cl. The van der Waals surface area contributed by atoms with Crippen molar-refractivity contribution in [2.24, 2.45) is 5.73 Å². The van der Waals surface area contributed by atoms with E-state index in [4.69, 9.17) is 10.5 Å². The Balaban J connectivity index is 0.00000512. The third kappa shape index (κ3) is 10.0. The fourth-order valence-electron chi connectivity index (χ4n) is 2.53. The maximum absolute atomic E-state index is 12.4. The van der Waals surface area contributed by atoms with Crippen LogP contribution in [-0.2, 0) is 25.7 Å². The van der Waals surface area contributed by atoms with Gasteiger partial charge in [0.15, 0.2) is 0 Å². The molecule has 32 heavy (non-hydrogen) atoms. The summed E-state index contributed by atoms with van der Waals surface area (Å²) >= 11 is 1.27.